The summed E-state index contributed by atoms with van der Waals surface area (Å²) in [4.78, 5) is 0. The normalized spacial score (nSPS) is 13.2. The summed E-state index contributed by atoms with van der Waals surface area (Å²) in [6.07, 6.45) is 11.9. The van der Waals surface area contributed by atoms with Crippen LogP contribution in [0.1, 0.15) is 84.6 Å². The average molecular weight is 319 g/mol. The van der Waals surface area contributed by atoms with E-state index in [1.165, 1.54) is 56.9 Å². The van der Waals surface area contributed by atoms with Crippen LogP contribution < -0.4 is 0 Å². The molecule has 0 spiro atoms. The van der Waals surface area contributed by atoms with E-state index in [0.29, 0.717) is 5.92 Å². The minimum atomic E-state index is -0.00700. The monoisotopic (exact) mass is 318 g/mol. The number of aryl methyl sites for hydroxylation is 1. The first-order chi connectivity index (χ1) is 11.1. The quantitative estimate of drug-likeness (QED) is 0.363. The summed E-state index contributed by atoms with van der Waals surface area (Å²) in [7, 11) is 0. The van der Waals surface area contributed by atoms with Gasteiger partial charge in [0.05, 0.1) is 5.60 Å². The third-order valence-electron chi connectivity index (χ3n) is 5.03. The smallest absolute Gasteiger partial charge is 0.0654 e. The fourth-order valence-corrected chi connectivity index (χ4v) is 3.49. The molecule has 1 heteroatoms. The van der Waals surface area contributed by atoms with Gasteiger partial charge in [-0.25, -0.2) is 0 Å². The third-order valence-corrected chi connectivity index (χ3v) is 5.03. The molecule has 1 atom stereocenters. The van der Waals surface area contributed by atoms with Gasteiger partial charge in [0.15, 0.2) is 0 Å². The summed E-state index contributed by atoms with van der Waals surface area (Å²) in [5.41, 5.74) is 1.44. The van der Waals surface area contributed by atoms with Crippen molar-refractivity contribution in [3.05, 3.63) is 35.9 Å². The first kappa shape index (κ1) is 20.2. The molecule has 0 N–H and O–H groups in total. The maximum absolute atomic E-state index is 6.08. The van der Waals surface area contributed by atoms with E-state index in [2.05, 4.69) is 58.0 Å². The van der Waals surface area contributed by atoms with Crippen LogP contribution in [0.4, 0.5) is 0 Å². The van der Waals surface area contributed by atoms with Gasteiger partial charge in [0.25, 0.3) is 0 Å². The Morgan fingerprint density at radius 3 is 2.17 bits per heavy atom. The van der Waals surface area contributed by atoms with Crippen molar-refractivity contribution in [3.63, 3.8) is 0 Å². The van der Waals surface area contributed by atoms with Crippen molar-refractivity contribution < 1.29 is 4.74 Å². The van der Waals surface area contributed by atoms with E-state index >= 15 is 0 Å². The van der Waals surface area contributed by atoms with Gasteiger partial charge in [-0.05, 0) is 51.5 Å². The van der Waals surface area contributed by atoms with Crippen molar-refractivity contribution in [1.82, 2.24) is 0 Å². The van der Waals surface area contributed by atoms with Crippen LogP contribution in [0.5, 0.6) is 0 Å². The fraction of sp³-hybridized carbons (Fsp3) is 0.727. The van der Waals surface area contributed by atoms with Crippen LogP contribution in [0.15, 0.2) is 30.3 Å². The molecule has 0 fully saturated rings. The Balaban J connectivity index is 2.45. The van der Waals surface area contributed by atoms with Crippen LogP contribution in [0, 0.1) is 5.92 Å². The first-order valence-electron chi connectivity index (χ1n) is 9.78. The summed E-state index contributed by atoms with van der Waals surface area (Å²) in [6.45, 7) is 9.77. The molecule has 0 aliphatic rings. The SMILES string of the molecule is CCCCCCCCC(CCc1ccccc1)C(C)(C)OCC. The van der Waals surface area contributed by atoms with E-state index in [9.17, 15) is 0 Å². The molecule has 0 aliphatic carbocycles. The highest BCUT2D eigenvalue weighted by molar-refractivity contribution is 5.14. The predicted molar refractivity (Wildman–Crippen MR) is 102 cm³/mol. The predicted octanol–water partition coefficient (Wildman–Crippen LogP) is 6.80. The van der Waals surface area contributed by atoms with E-state index in [1.807, 2.05) is 0 Å². The summed E-state index contributed by atoms with van der Waals surface area (Å²) in [5, 5.41) is 0. The number of benzene rings is 1. The van der Waals surface area contributed by atoms with Crippen molar-refractivity contribution in [1.29, 1.82) is 0 Å². The molecule has 132 valence electrons. The molecule has 0 aliphatic heterocycles. The van der Waals surface area contributed by atoms with Gasteiger partial charge in [0.1, 0.15) is 0 Å². The van der Waals surface area contributed by atoms with Gasteiger partial charge in [-0.1, -0.05) is 75.8 Å². The van der Waals surface area contributed by atoms with Gasteiger partial charge >= 0.3 is 0 Å². The van der Waals surface area contributed by atoms with Crippen molar-refractivity contribution >= 4 is 0 Å². The molecule has 0 radical (unpaired) electrons. The minimum absolute atomic E-state index is 0.00700. The zero-order valence-corrected chi connectivity index (χ0v) is 15.9. The van der Waals surface area contributed by atoms with Crippen molar-refractivity contribution in [2.75, 3.05) is 6.61 Å². The van der Waals surface area contributed by atoms with Crippen LogP contribution in [-0.4, -0.2) is 12.2 Å². The zero-order valence-electron chi connectivity index (χ0n) is 15.9. The molecule has 1 aromatic carbocycles. The van der Waals surface area contributed by atoms with E-state index in [0.717, 1.165) is 13.0 Å². The summed E-state index contributed by atoms with van der Waals surface area (Å²) >= 11 is 0. The Morgan fingerprint density at radius 1 is 0.870 bits per heavy atom. The average Bonchev–Trinajstić information content (AvgIpc) is 2.54. The molecule has 1 aromatic rings. The lowest BCUT2D eigenvalue weighted by atomic mass is 9.81. The third kappa shape index (κ3) is 8.55. The summed E-state index contributed by atoms with van der Waals surface area (Å²) in [6, 6.07) is 10.9. The lowest BCUT2D eigenvalue weighted by Gasteiger charge is -2.34. The van der Waals surface area contributed by atoms with Crippen molar-refractivity contribution in [3.8, 4) is 0 Å². The molecule has 23 heavy (non-hydrogen) atoms. The van der Waals surface area contributed by atoms with Gasteiger partial charge in [-0.2, -0.15) is 0 Å². The van der Waals surface area contributed by atoms with E-state index in [-0.39, 0.29) is 5.60 Å². The second-order valence-corrected chi connectivity index (χ2v) is 7.31. The molecule has 0 saturated heterocycles. The van der Waals surface area contributed by atoms with Crippen LogP contribution in [0.3, 0.4) is 0 Å². The molecule has 0 aromatic heterocycles. The molecule has 0 amide bonds. The molecule has 1 unspecified atom stereocenters. The van der Waals surface area contributed by atoms with Crippen LogP contribution in [-0.2, 0) is 11.2 Å². The number of unbranched alkanes of at least 4 members (excludes halogenated alkanes) is 5. The molecular formula is C22H38O. The molecular weight excluding hydrogens is 280 g/mol. The number of hydrogen-bond acceptors (Lipinski definition) is 1. The van der Waals surface area contributed by atoms with Crippen LogP contribution in [0.2, 0.25) is 0 Å². The van der Waals surface area contributed by atoms with E-state index < -0.39 is 0 Å². The second-order valence-electron chi connectivity index (χ2n) is 7.31. The van der Waals surface area contributed by atoms with Gasteiger partial charge in [0, 0.05) is 6.61 Å². The highest BCUT2D eigenvalue weighted by Crippen LogP contribution is 2.31. The zero-order chi connectivity index (χ0) is 17.0. The standard InChI is InChI=1S/C22H38O/c1-5-7-8-9-10-14-17-21(22(3,4)23-6-2)19-18-20-15-12-11-13-16-20/h11-13,15-16,21H,5-10,14,17-19H2,1-4H3. The molecule has 0 saturated carbocycles. The maximum Gasteiger partial charge on any atom is 0.0654 e. The van der Waals surface area contributed by atoms with E-state index in [1.54, 1.807) is 0 Å². The van der Waals surface area contributed by atoms with Gasteiger partial charge in [-0.3, -0.25) is 0 Å². The number of hydrogen-bond donors (Lipinski definition) is 0. The second kappa shape index (κ2) is 11.7. The first-order valence-corrected chi connectivity index (χ1v) is 9.78. The van der Waals surface area contributed by atoms with Crippen LogP contribution >= 0.6 is 0 Å². The molecule has 0 heterocycles. The fourth-order valence-electron chi connectivity index (χ4n) is 3.49. The molecule has 1 rings (SSSR count). The Morgan fingerprint density at radius 2 is 1.52 bits per heavy atom. The van der Waals surface area contributed by atoms with E-state index in [4.69, 9.17) is 4.74 Å². The van der Waals surface area contributed by atoms with Gasteiger partial charge in [-0.15, -0.1) is 0 Å². The summed E-state index contributed by atoms with van der Waals surface area (Å²) < 4.78 is 6.08. The van der Waals surface area contributed by atoms with Gasteiger partial charge < -0.3 is 4.74 Å². The highest BCUT2D eigenvalue weighted by atomic mass is 16.5. The van der Waals surface area contributed by atoms with Crippen molar-refractivity contribution in [2.45, 2.75) is 91.1 Å². The number of ether oxygens (including phenoxy) is 1. The molecule has 1 nitrogen and oxygen atoms in total. The number of rotatable bonds is 13. The molecule has 0 bridgehead atoms. The van der Waals surface area contributed by atoms with Gasteiger partial charge in [0.2, 0.25) is 0 Å². The Labute approximate surface area is 144 Å². The van der Waals surface area contributed by atoms with Crippen LogP contribution in [0.25, 0.3) is 0 Å². The van der Waals surface area contributed by atoms with Crippen molar-refractivity contribution in [2.24, 2.45) is 5.92 Å². The highest BCUT2D eigenvalue weighted by Gasteiger charge is 2.29. The largest absolute Gasteiger partial charge is 0.376 e. The maximum atomic E-state index is 6.08. The Bertz CT molecular complexity index is 382. The lowest BCUT2D eigenvalue weighted by molar-refractivity contribution is -0.0598. The lowest BCUT2D eigenvalue weighted by Crippen LogP contribution is -2.35. The topological polar surface area (TPSA) is 9.23 Å². The Kier molecular flexibility index (Phi) is 10.3. The summed E-state index contributed by atoms with van der Waals surface area (Å²) in [5.74, 6) is 0.647. The Hall–Kier alpha value is -0.820. The minimum Gasteiger partial charge on any atom is -0.376 e.